The van der Waals surface area contributed by atoms with Gasteiger partial charge >= 0.3 is 6.18 Å². The molecule has 2 aliphatic rings. The fourth-order valence-corrected chi connectivity index (χ4v) is 5.60. The van der Waals surface area contributed by atoms with E-state index in [0.29, 0.717) is 30.8 Å². The minimum atomic E-state index is -4.63. The number of halogens is 3. The van der Waals surface area contributed by atoms with E-state index in [9.17, 15) is 26.4 Å². The molecule has 2 aliphatic heterocycles. The zero-order chi connectivity index (χ0) is 24.5. The predicted molar refractivity (Wildman–Crippen MR) is 117 cm³/mol. The van der Waals surface area contributed by atoms with E-state index >= 15 is 0 Å². The molecule has 0 spiro atoms. The van der Waals surface area contributed by atoms with E-state index in [1.807, 2.05) is 19.1 Å². The molecule has 11 heteroatoms. The van der Waals surface area contributed by atoms with Crippen LogP contribution in [0.1, 0.15) is 36.9 Å². The number of nitrogens with zero attached hydrogens (tertiary/aromatic N) is 1. The summed E-state index contributed by atoms with van der Waals surface area (Å²) in [5.74, 6) is 0.687. The van der Waals surface area contributed by atoms with Crippen molar-refractivity contribution in [3.8, 4) is 11.5 Å². The number of fused-ring (bicyclic) bond motifs is 1. The van der Waals surface area contributed by atoms with Crippen molar-refractivity contribution >= 4 is 15.9 Å². The van der Waals surface area contributed by atoms with Crippen LogP contribution < -0.4 is 14.8 Å². The summed E-state index contributed by atoms with van der Waals surface area (Å²) in [7, 11) is -4.09. The Morgan fingerprint density at radius 2 is 1.74 bits per heavy atom. The molecule has 0 bridgehead atoms. The maximum Gasteiger partial charge on any atom is 0.416 e. The Balaban J connectivity index is 1.36. The Labute approximate surface area is 195 Å². The smallest absolute Gasteiger partial charge is 0.416 e. The van der Waals surface area contributed by atoms with E-state index < -0.39 is 32.6 Å². The lowest BCUT2D eigenvalue weighted by molar-refractivity contribution is -0.137. The Hall–Kier alpha value is -2.79. The number of sulfonamides is 1. The summed E-state index contributed by atoms with van der Waals surface area (Å²) in [4.78, 5) is 12.4. The van der Waals surface area contributed by atoms with E-state index in [2.05, 4.69) is 5.32 Å². The zero-order valence-corrected chi connectivity index (χ0v) is 19.3. The molecular formula is C23H25F3N2O5S. The van der Waals surface area contributed by atoms with Gasteiger partial charge in [0, 0.05) is 19.0 Å². The van der Waals surface area contributed by atoms with Crippen LogP contribution in [-0.4, -0.2) is 44.9 Å². The van der Waals surface area contributed by atoms with Gasteiger partial charge in [0.05, 0.1) is 16.5 Å². The largest absolute Gasteiger partial charge is 0.486 e. The van der Waals surface area contributed by atoms with Crippen molar-refractivity contribution in [2.24, 2.45) is 5.92 Å². The number of nitrogens with one attached hydrogen (secondary N) is 1. The first-order valence-electron chi connectivity index (χ1n) is 10.9. The van der Waals surface area contributed by atoms with Crippen molar-refractivity contribution < 1.29 is 35.9 Å². The number of alkyl halides is 3. The van der Waals surface area contributed by atoms with Gasteiger partial charge < -0.3 is 14.8 Å². The second-order valence-electron chi connectivity index (χ2n) is 8.34. The first-order chi connectivity index (χ1) is 16.1. The van der Waals surface area contributed by atoms with Crippen molar-refractivity contribution in [1.29, 1.82) is 0 Å². The fourth-order valence-electron chi connectivity index (χ4n) is 4.08. The molecule has 0 radical (unpaired) electrons. The standard InChI is InChI=1S/C23H25F3N2O5S/c1-15(17-5-6-20-21(13-17)33-12-11-32-20)27-22(29)16-7-9-28(10-8-16)34(30,31)19-4-2-3-18(14-19)23(24,25)26/h2-6,13-16H,7-12H2,1H3,(H,27,29)/t15-/m1/s1. The van der Waals surface area contributed by atoms with Gasteiger partial charge in [-0.15, -0.1) is 0 Å². The van der Waals surface area contributed by atoms with Crippen LogP contribution in [0.15, 0.2) is 47.4 Å². The molecule has 184 valence electrons. The number of carbonyl (C=O) groups excluding carboxylic acids is 1. The molecule has 7 nitrogen and oxygen atoms in total. The predicted octanol–water partition coefficient (Wildman–Crippen LogP) is 3.75. The van der Waals surface area contributed by atoms with Gasteiger partial charge in [0.1, 0.15) is 13.2 Å². The molecule has 1 N–H and O–H groups in total. The molecule has 0 aliphatic carbocycles. The molecule has 4 rings (SSSR count). The first kappa shape index (κ1) is 24.3. The van der Waals surface area contributed by atoms with Gasteiger partial charge in [0.15, 0.2) is 11.5 Å². The molecule has 2 heterocycles. The lowest BCUT2D eigenvalue weighted by Crippen LogP contribution is -2.43. The number of carbonyl (C=O) groups is 1. The van der Waals surface area contributed by atoms with Crippen LogP contribution in [0.25, 0.3) is 0 Å². The molecule has 1 atom stereocenters. The Bertz CT molecular complexity index is 1160. The molecule has 1 fully saturated rings. The highest BCUT2D eigenvalue weighted by atomic mass is 32.2. The number of ether oxygens (including phenoxy) is 2. The highest BCUT2D eigenvalue weighted by molar-refractivity contribution is 7.89. The van der Waals surface area contributed by atoms with Gasteiger partial charge in [-0.3, -0.25) is 4.79 Å². The van der Waals surface area contributed by atoms with Gasteiger partial charge in [-0.05, 0) is 55.7 Å². The van der Waals surface area contributed by atoms with E-state index in [-0.39, 0.29) is 37.9 Å². The summed E-state index contributed by atoms with van der Waals surface area (Å²) in [5, 5.41) is 2.95. The number of hydrogen-bond acceptors (Lipinski definition) is 5. The third-order valence-corrected chi connectivity index (χ3v) is 7.94. The zero-order valence-electron chi connectivity index (χ0n) is 18.5. The minimum absolute atomic E-state index is 0.0507. The average molecular weight is 499 g/mol. The molecule has 34 heavy (non-hydrogen) atoms. The number of benzene rings is 2. The van der Waals surface area contributed by atoms with Gasteiger partial charge in [0.25, 0.3) is 0 Å². The summed E-state index contributed by atoms with van der Waals surface area (Å²) in [6.07, 6.45) is -4.08. The van der Waals surface area contributed by atoms with E-state index in [1.165, 1.54) is 0 Å². The highest BCUT2D eigenvalue weighted by Gasteiger charge is 2.35. The quantitative estimate of drug-likeness (QED) is 0.679. The van der Waals surface area contributed by atoms with Crippen molar-refractivity contribution in [1.82, 2.24) is 9.62 Å². The molecular weight excluding hydrogens is 473 g/mol. The third-order valence-electron chi connectivity index (χ3n) is 6.05. The molecule has 0 saturated carbocycles. The minimum Gasteiger partial charge on any atom is -0.486 e. The van der Waals surface area contributed by atoms with Gasteiger partial charge in [-0.2, -0.15) is 17.5 Å². The van der Waals surface area contributed by atoms with E-state index in [4.69, 9.17) is 9.47 Å². The third kappa shape index (κ3) is 5.15. The number of rotatable bonds is 5. The van der Waals surface area contributed by atoms with Gasteiger partial charge in [-0.25, -0.2) is 8.42 Å². The molecule has 0 unspecified atom stereocenters. The van der Waals surface area contributed by atoms with Crippen LogP contribution in [0.4, 0.5) is 13.2 Å². The summed E-state index contributed by atoms with van der Waals surface area (Å²) in [6.45, 7) is 2.89. The van der Waals surface area contributed by atoms with Gasteiger partial charge in [-0.1, -0.05) is 12.1 Å². The Morgan fingerprint density at radius 1 is 1.06 bits per heavy atom. The van der Waals surface area contributed by atoms with Crippen LogP contribution in [0.5, 0.6) is 11.5 Å². The normalized spacial score (nSPS) is 18.4. The number of hydrogen-bond donors (Lipinski definition) is 1. The summed E-state index contributed by atoms with van der Waals surface area (Å²) in [5.41, 5.74) is -0.168. The lowest BCUT2D eigenvalue weighted by Gasteiger charge is -2.31. The topological polar surface area (TPSA) is 84.9 Å². The lowest BCUT2D eigenvalue weighted by atomic mass is 9.96. The molecule has 2 aromatic carbocycles. The second-order valence-corrected chi connectivity index (χ2v) is 10.3. The second kappa shape index (κ2) is 9.46. The molecule has 2 aromatic rings. The summed E-state index contributed by atoms with van der Waals surface area (Å²) >= 11 is 0. The summed E-state index contributed by atoms with van der Waals surface area (Å²) < 4.78 is 76.9. The summed E-state index contributed by atoms with van der Waals surface area (Å²) in [6, 6.07) is 8.88. The monoisotopic (exact) mass is 498 g/mol. The van der Waals surface area contributed by atoms with Crippen molar-refractivity contribution in [3.05, 3.63) is 53.6 Å². The number of piperidine rings is 1. The molecule has 1 amide bonds. The first-order valence-corrected chi connectivity index (χ1v) is 12.4. The van der Waals surface area contributed by atoms with Gasteiger partial charge in [0.2, 0.25) is 15.9 Å². The van der Waals surface area contributed by atoms with Crippen molar-refractivity contribution in [2.45, 2.75) is 36.9 Å². The number of amides is 1. The fraction of sp³-hybridized carbons (Fsp3) is 0.435. The molecule has 1 saturated heterocycles. The van der Waals surface area contributed by atoms with E-state index in [0.717, 1.165) is 28.1 Å². The van der Waals surface area contributed by atoms with E-state index in [1.54, 1.807) is 6.07 Å². The highest BCUT2D eigenvalue weighted by Crippen LogP contribution is 2.34. The SMILES string of the molecule is C[C@@H](NC(=O)C1CCN(S(=O)(=O)c2cccc(C(F)(F)F)c2)CC1)c1ccc2c(c1)OCCO2. The van der Waals surface area contributed by atoms with Crippen LogP contribution in [-0.2, 0) is 21.0 Å². The maximum absolute atomic E-state index is 13.0. The van der Waals surface area contributed by atoms with Crippen LogP contribution in [0.2, 0.25) is 0 Å². The Morgan fingerprint density at radius 3 is 2.41 bits per heavy atom. The maximum atomic E-state index is 13.0. The van der Waals surface area contributed by atoms with Crippen LogP contribution in [0, 0.1) is 5.92 Å². The molecule has 0 aromatic heterocycles. The average Bonchev–Trinajstić information content (AvgIpc) is 2.83. The van der Waals surface area contributed by atoms with Crippen molar-refractivity contribution in [3.63, 3.8) is 0 Å². The Kier molecular flexibility index (Phi) is 6.77. The van der Waals surface area contributed by atoms with Crippen molar-refractivity contribution in [2.75, 3.05) is 26.3 Å². The van der Waals surface area contributed by atoms with Crippen LogP contribution >= 0.6 is 0 Å². The van der Waals surface area contributed by atoms with Crippen LogP contribution in [0.3, 0.4) is 0 Å².